The highest BCUT2D eigenvalue weighted by molar-refractivity contribution is 5.96. The van der Waals surface area contributed by atoms with Crippen LogP contribution in [0.3, 0.4) is 0 Å². The molecule has 18 heavy (non-hydrogen) atoms. The summed E-state index contributed by atoms with van der Waals surface area (Å²) in [6.45, 7) is 2.02. The summed E-state index contributed by atoms with van der Waals surface area (Å²) in [6.07, 6.45) is 0.813. The summed E-state index contributed by atoms with van der Waals surface area (Å²) >= 11 is 0. The van der Waals surface area contributed by atoms with E-state index in [9.17, 15) is 4.79 Å². The SMILES string of the molecule is CCc1ccccc1OC(=O)c1ccccc1N. The summed E-state index contributed by atoms with van der Waals surface area (Å²) in [5.74, 6) is 0.169. The van der Waals surface area contributed by atoms with Gasteiger partial charge < -0.3 is 10.5 Å². The van der Waals surface area contributed by atoms with Gasteiger partial charge in [0.15, 0.2) is 0 Å². The van der Waals surface area contributed by atoms with E-state index in [-0.39, 0.29) is 0 Å². The summed E-state index contributed by atoms with van der Waals surface area (Å²) in [4.78, 5) is 12.0. The molecule has 0 spiro atoms. The monoisotopic (exact) mass is 241 g/mol. The topological polar surface area (TPSA) is 52.3 Å². The molecule has 0 atom stereocenters. The van der Waals surface area contributed by atoms with Gasteiger partial charge in [0.05, 0.1) is 5.56 Å². The number of rotatable bonds is 3. The first kappa shape index (κ1) is 12.2. The van der Waals surface area contributed by atoms with Crippen LogP contribution in [0.1, 0.15) is 22.8 Å². The third kappa shape index (κ3) is 2.51. The van der Waals surface area contributed by atoms with Crippen LogP contribution < -0.4 is 10.5 Å². The molecule has 3 nitrogen and oxygen atoms in total. The predicted molar refractivity (Wildman–Crippen MR) is 71.6 cm³/mol. The first-order chi connectivity index (χ1) is 8.72. The van der Waals surface area contributed by atoms with E-state index in [4.69, 9.17) is 10.5 Å². The number of ether oxygens (including phenoxy) is 1. The first-order valence-electron chi connectivity index (χ1n) is 5.87. The molecule has 0 saturated heterocycles. The number of hydrogen-bond donors (Lipinski definition) is 1. The Hall–Kier alpha value is -2.29. The van der Waals surface area contributed by atoms with Gasteiger partial charge in [-0.15, -0.1) is 0 Å². The van der Waals surface area contributed by atoms with E-state index < -0.39 is 5.97 Å². The molecular formula is C15H15NO2. The van der Waals surface area contributed by atoms with Gasteiger partial charge in [-0.3, -0.25) is 0 Å². The molecule has 0 fully saturated rings. The van der Waals surface area contributed by atoms with Gasteiger partial charge >= 0.3 is 5.97 Å². The van der Waals surface area contributed by atoms with Crippen molar-refractivity contribution in [3.05, 3.63) is 59.7 Å². The highest BCUT2D eigenvalue weighted by Crippen LogP contribution is 2.21. The van der Waals surface area contributed by atoms with E-state index in [1.165, 1.54) is 0 Å². The molecule has 2 N–H and O–H groups in total. The molecule has 0 unspecified atom stereocenters. The highest BCUT2D eigenvalue weighted by atomic mass is 16.5. The maximum Gasteiger partial charge on any atom is 0.345 e. The summed E-state index contributed by atoms with van der Waals surface area (Å²) in [7, 11) is 0. The standard InChI is InChI=1S/C15H15NO2/c1-2-11-7-3-6-10-14(11)18-15(17)12-8-4-5-9-13(12)16/h3-10H,2,16H2,1H3. The van der Waals surface area contributed by atoms with Crippen LogP contribution in [0.2, 0.25) is 0 Å². The highest BCUT2D eigenvalue weighted by Gasteiger charge is 2.12. The van der Waals surface area contributed by atoms with E-state index in [2.05, 4.69) is 0 Å². The lowest BCUT2D eigenvalue weighted by Crippen LogP contribution is -2.11. The van der Waals surface area contributed by atoms with Crippen LogP contribution in [0.15, 0.2) is 48.5 Å². The van der Waals surface area contributed by atoms with E-state index in [1.807, 2.05) is 25.1 Å². The third-order valence-corrected chi connectivity index (χ3v) is 2.74. The minimum absolute atomic E-state index is 0.392. The number of esters is 1. The van der Waals surface area contributed by atoms with Gasteiger partial charge in [0.25, 0.3) is 0 Å². The number of carbonyl (C=O) groups excluding carboxylic acids is 1. The maximum absolute atomic E-state index is 12.0. The molecule has 3 heteroatoms. The number of anilines is 1. The van der Waals surface area contributed by atoms with Crippen molar-refractivity contribution in [1.29, 1.82) is 0 Å². The van der Waals surface area contributed by atoms with Crippen molar-refractivity contribution >= 4 is 11.7 Å². The van der Waals surface area contributed by atoms with Crippen LogP contribution in [0, 0.1) is 0 Å². The number of nitrogen functional groups attached to an aromatic ring is 1. The number of para-hydroxylation sites is 2. The van der Waals surface area contributed by atoms with Gasteiger partial charge in [-0.2, -0.15) is 0 Å². The van der Waals surface area contributed by atoms with Crippen molar-refractivity contribution in [2.75, 3.05) is 5.73 Å². The van der Waals surface area contributed by atoms with E-state index in [0.717, 1.165) is 12.0 Å². The van der Waals surface area contributed by atoms with E-state index >= 15 is 0 Å². The Kier molecular flexibility index (Phi) is 3.63. The normalized spacial score (nSPS) is 10.1. The molecule has 0 bridgehead atoms. The van der Waals surface area contributed by atoms with E-state index in [1.54, 1.807) is 30.3 Å². The molecule has 0 aliphatic rings. The molecule has 2 rings (SSSR count). The molecule has 0 aliphatic carbocycles. The molecule has 0 amide bonds. The molecule has 2 aromatic rings. The van der Waals surface area contributed by atoms with Crippen LogP contribution in [0.25, 0.3) is 0 Å². The number of aryl methyl sites for hydroxylation is 1. The maximum atomic E-state index is 12.0. The van der Waals surface area contributed by atoms with Crippen molar-refractivity contribution in [2.24, 2.45) is 0 Å². The zero-order valence-electron chi connectivity index (χ0n) is 10.2. The fraction of sp³-hybridized carbons (Fsp3) is 0.133. The summed E-state index contributed by atoms with van der Waals surface area (Å²) < 4.78 is 5.38. The molecule has 0 radical (unpaired) electrons. The van der Waals surface area contributed by atoms with Crippen LogP contribution in [0.4, 0.5) is 5.69 Å². The summed E-state index contributed by atoms with van der Waals surface area (Å²) in [6, 6.07) is 14.4. The molecule has 0 heterocycles. The molecule has 2 aromatic carbocycles. The Morgan fingerprint density at radius 3 is 2.50 bits per heavy atom. The molecular weight excluding hydrogens is 226 g/mol. The lowest BCUT2D eigenvalue weighted by Gasteiger charge is -2.09. The van der Waals surface area contributed by atoms with Gasteiger partial charge in [0.1, 0.15) is 5.75 Å². The average molecular weight is 241 g/mol. The second-order valence-electron chi connectivity index (χ2n) is 3.94. The fourth-order valence-corrected chi connectivity index (χ4v) is 1.73. The van der Waals surface area contributed by atoms with Gasteiger partial charge in [0, 0.05) is 5.69 Å². The van der Waals surface area contributed by atoms with Crippen LogP contribution in [-0.4, -0.2) is 5.97 Å². The largest absolute Gasteiger partial charge is 0.423 e. The quantitative estimate of drug-likeness (QED) is 0.510. The number of carbonyl (C=O) groups is 1. The summed E-state index contributed by atoms with van der Waals surface area (Å²) in [5, 5.41) is 0. The number of nitrogens with two attached hydrogens (primary N) is 1. The van der Waals surface area contributed by atoms with E-state index in [0.29, 0.717) is 17.0 Å². The average Bonchev–Trinajstić information content (AvgIpc) is 2.39. The predicted octanol–water partition coefficient (Wildman–Crippen LogP) is 3.05. The second kappa shape index (κ2) is 5.36. The third-order valence-electron chi connectivity index (χ3n) is 2.74. The minimum atomic E-state index is -0.422. The van der Waals surface area contributed by atoms with Crippen LogP contribution in [0.5, 0.6) is 5.75 Å². The Balaban J connectivity index is 2.24. The number of benzene rings is 2. The smallest absolute Gasteiger partial charge is 0.345 e. The van der Waals surface area contributed by atoms with Crippen LogP contribution in [-0.2, 0) is 6.42 Å². The Bertz CT molecular complexity index is 564. The van der Waals surface area contributed by atoms with Gasteiger partial charge in [0.2, 0.25) is 0 Å². The van der Waals surface area contributed by atoms with Crippen molar-refractivity contribution in [1.82, 2.24) is 0 Å². The number of hydrogen-bond acceptors (Lipinski definition) is 3. The van der Waals surface area contributed by atoms with Crippen molar-refractivity contribution < 1.29 is 9.53 Å². The van der Waals surface area contributed by atoms with Gasteiger partial charge in [-0.25, -0.2) is 4.79 Å². The Morgan fingerprint density at radius 2 is 1.78 bits per heavy atom. The summed E-state index contributed by atoms with van der Waals surface area (Å²) in [5.41, 5.74) is 7.56. The Morgan fingerprint density at radius 1 is 1.11 bits per heavy atom. The first-order valence-corrected chi connectivity index (χ1v) is 5.87. The van der Waals surface area contributed by atoms with Crippen molar-refractivity contribution in [2.45, 2.75) is 13.3 Å². The fourth-order valence-electron chi connectivity index (χ4n) is 1.73. The lowest BCUT2D eigenvalue weighted by atomic mass is 10.1. The molecule has 0 aromatic heterocycles. The molecule has 0 aliphatic heterocycles. The molecule has 92 valence electrons. The zero-order chi connectivity index (χ0) is 13.0. The zero-order valence-corrected chi connectivity index (χ0v) is 10.2. The van der Waals surface area contributed by atoms with Gasteiger partial charge in [-0.1, -0.05) is 37.3 Å². The Labute approximate surface area is 106 Å². The van der Waals surface area contributed by atoms with Crippen molar-refractivity contribution in [3.8, 4) is 5.75 Å². The van der Waals surface area contributed by atoms with Crippen molar-refractivity contribution in [3.63, 3.8) is 0 Å². The molecule has 0 saturated carbocycles. The lowest BCUT2D eigenvalue weighted by molar-refractivity contribution is 0.0734. The van der Waals surface area contributed by atoms with Gasteiger partial charge in [-0.05, 0) is 30.2 Å². The van der Waals surface area contributed by atoms with Crippen LogP contribution >= 0.6 is 0 Å². The minimum Gasteiger partial charge on any atom is -0.423 e. The second-order valence-corrected chi connectivity index (χ2v) is 3.94.